The highest BCUT2D eigenvalue weighted by Crippen LogP contribution is 2.36. The molecule has 4 aromatic carbocycles. The van der Waals surface area contributed by atoms with Gasteiger partial charge in [0.05, 0.1) is 47.6 Å². The Kier molecular flexibility index (Phi) is 42.6. The van der Waals surface area contributed by atoms with Gasteiger partial charge in [0, 0.05) is 42.3 Å². The lowest BCUT2D eigenvalue weighted by atomic mass is 10.0. The van der Waals surface area contributed by atoms with Crippen LogP contribution in [0.15, 0.2) is 146 Å². The number of hydrogen-bond acceptors (Lipinski definition) is 23. The lowest BCUT2D eigenvalue weighted by Gasteiger charge is -2.22. The number of amides is 12. The molecule has 8 N–H and O–H groups in total. The first-order valence-electron chi connectivity index (χ1n) is 47.0. The zero-order valence-corrected chi connectivity index (χ0v) is 81.6. The number of carbonyl (C=O) groups is 12. The van der Waals surface area contributed by atoms with Crippen LogP contribution in [-0.2, 0) is 59.1 Å². The van der Waals surface area contributed by atoms with Crippen LogP contribution in [0.5, 0.6) is 0 Å². The first-order chi connectivity index (χ1) is 63.8. The number of unbranched alkanes of at least 4 members (excludes halogenated alkanes) is 8. The summed E-state index contributed by atoms with van der Waals surface area (Å²) in [6.07, 6.45) is 20.6. The van der Waals surface area contributed by atoms with Crippen LogP contribution >= 0.6 is 45.3 Å². The molecule has 0 saturated carbocycles. The van der Waals surface area contributed by atoms with Crippen molar-refractivity contribution in [2.45, 2.75) is 323 Å². The molecule has 133 heavy (non-hydrogen) atoms. The zero-order valence-electron chi connectivity index (χ0n) is 78.3. The maximum Gasteiger partial charge on any atom is 0.348 e. The Morgan fingerprint density at radius 3 is 0.692 bits per heavy atom. The molecule has 4 fully saturated rings. The Balaban J connectivity index is 0.000000199. The van der Waals surface area contributed by atoms with Gasteiger partial charge in [-0.1, -0.05) is 153 Å². The Hall–Kier alpha value is -10.6. The van der Waals surface area contributed by atoms with E-state index < -0.39 is 72.7 Å². The number of thiophene rings is 4. The number of aryl methyl sites for hydroxylation is 4. The van der Waals surface area contributed by atoms with Gasteiger partial charge < -0.3 is 34.6 Å². The standard InChI is InChI=1S/3C26H34N2O5S.C24H30N2O4S/c3*1-4-5-6-10-22(29)18-11-13-19(14-12-18)28-21(24(30)27-26(28)32)9-7-8-20-15-16-23(34-20)25(31)33-17(2)3;1-3-4-5-9-21(28)17-10-12-18(13-11-17)26-20(23(29)25-24(26)30)8-6-7-19-14-15-22(31-19)16(2)27/h3*11-17,21-22,29H,4-10H2,1-3H3,(H,27,30,32);10-15,20-21,28H,3-9H2,1-2H3,(H,25,29,30)/t21-,22?;2*21-,22-;20-,21+/m0000/s1. The molecule has 4 aliphatic heterocycles. The van der Waals surface area contributed by atoms with Crippen LogP contribution in [0.1, 0.15) is 335 Å². The number of aliphatic hydroxyl groups excluding tert-OH is 4. The fourth-order valence-electron chi connectivity index (χ4n) is 16.0. The molecule has 0 radical (unpaired) electrons. The van der Waals surface area contributed by atoms with Crippen molar-refractivity contribution in [2.24, 2.45) is 0 Å². The maximum absolute atomic E-state index is 12.5. The molecule has 718 valence electrons. The van der Waals surface area contributed by atoms with Crippen molar-refractivity contribution < 1.29 is 92.2 Å². The number of ketones is 1. The van der Waals surface area contributed by atoms with Gasteiger partial charge in [0.2, 0.25) is 0 Å². The van der Waals surface area contributed by atoms with E-state index in [4.69, 9.17) is 14.2 Å². The molecule has 4 aromatic heterocycles. The molecule has 0 bridgehead atoms. The van der Waals surface area contributed by atoms with Crippen molar-refractivity contribution in [3.05, 3.63) is 207 Å². The van der Waals surface area contributed by atoms with Crippen molar-refractivity contribution in [3.63, 3.8) is 0 Å². The summed E-state index contributed by atoms with van der Waals surface area (Å²) in [4.78, 5) is 160. The number of rotatable bonds is 47. The SMILES string of the molecule is CCCCCC(O)c1ccc(N2C(=O)NC(=O)[C@@H]2CCCc2ccc(C(=O)OC(C)C)s2)cc1.CCCCC[C@@H](O)c1ccc(N2C(=O)NC(=O)[C@@H]2CCCc2ccc(C(C)=O)s2)cc1.CCCCC[C@H](O)c1ccc(N2C(=O)NC(=O)[C@@H]2CCCc2ccc(C(=O)OC(C)C)s2)cc1.CCCCC[C@H](O)c1ccc(N2C(=O)NC(=O)[C@@H]2CCCc2ccc(C(=O)OC(C)C)s2)cc1. The van der Waals surface area contributed by atoms with Gasteiger partial charge in [0.1, 0.15) is 38.8 Å². The summed E-state index contributed by atoms with van der Waals surface area (Å²) >= 11 is 5.67. The number of ether oxygens (including phenoxy) is 3. The summed E-state index contributed by atoms with van der Waals surface area (Å²) in [6.45, 7) is 21.0. The summed E-state index contributed by atoms with van der Waals surface area (Å²) in [7, 11) is 0. The lowest BCUT2D eigenvalue weighted by molar-refractivity contribution is -0.120. The fraction of sp³-hybridized carbons (Fsp3) is 0.490. The number of nitrogens with zero attached hydrogens (tertiary/aromatic N) is 4. The number of Topliss-reactive ketones (excluding diaryl/α,β-unsaturated/α-hetero) is 1. The predicted octanol–water partition coefficient (Wildman–Crippen LogP) is 21.1. The molecule has 4 saturated heterocycles. The monoisotopic (exact) mass is 1900 g/mol. The molecule has 4 aliphatic rings. The quantitative estimate of drug-likeness (QED) is 0.00577. The van der Waals surface area contributed by atoms with E-state index in [0.717, 1.165) is 137 Å². The predicted molar refractivity (Wildman–Crippen MR) is 522 cm³/mol. The Bertz CT molecular complexity index is 4760. The number of benzene rings is 4. The number of imide groups is 4. The Morgan fingerprint density at radius 1 is 0.301 bits per heavy atom. The summed E-state index contributed by atoms with van der Waals surface area (Å²) in [5, 5.41) is 51.1. The highest BCUT2D eigenvalue weighted by Gasteiger charge is 2.43. The molecule has 8 atom stereocenters. The van der Waals surface area contributed by atoms with Gasteiger partial charge in [-0.15, -0.1) is 45.3 Å². The molecule has 0 spiro atoms. The van der Waals surface area contributed by atoms with E-state index in [1.807, 2.05) is 120 Å². The molecule has 12 rings (SSSR count). The number of esters is 3. The van der Waals surface area contributed by atoms with Gasteiger partial charge in [-0.3, -0.25) is 64.8 Å². The number of nitrogens with one attached hydrogen (secondary N) is 4. The zero-order chi connectivity index (χ0) is 96.4. The summed E-state index contributed by atoms with van der Waals surface area (Å²) in [6, 6.07) is 39.7. The van der Waals surface area contributed by atoms with Crippen molar-refractivity contribution in [3.8, 4) is 0 Å². The van der Waals surface area contributed by atoms with Gasteiger partial charge in [-0.2, -0.15) is 0 Å². The second-order valence-electron chi connectivity index (χ2n) is 34.7. The second-order valence-corrected chi connectivity index (χ2v) is 39.4. The van der Waals surface area contributed by atoms with Crippen molar-refractivity contribution in [1.82, 2.24) is 21.3 Å². The van der Waals surface area contributed by atoms with E-state index in [9.17, 15) is 78.0 Å². The number of carbonyl (C=O) groups excluding carboxylic acids is 12. The van der Waals surface area contributed by atoms with E-state index in [2.05, 4.69) is 49.0 Å². The van der Waals surface area contributed by atoms with E-state index >= 15 is 0 Å². The maximum atomic E-state index is 12.5. The highest BCUT2D eigenvalue weighted by molar-refractivity contribution is 7.15. The van der Waals surface area contributed by atoms with Crippen LogP contribution in [0.2, 0.25) is 0 Å². The minimum Gasteiger partial charge on any atom is -0.459 e. The Labute approximate surface area is 797 Å². The molecular formula is C102H132N8O19S4. The van der Waals surface area contributed by atoms with Gasteiger partial charge >= 0.3 is 42.0 Å². The van der Waals surface area contributed by atoms with Crippen LogP contribution in [0, 0.1) is 0 Å². The van der Waals surface area contributed by atoms with Gasteiger partial charge in [0.15, 0.2) is 5.78 Å². The third kappa shape index (κ3) is 31.7. The van der Waals surface area contributed by atoms with E-state index in [0.29, 0.717) is 127 Å². The van der Waals surface area contributed by atoms with Crippen LogP contribution in [0.25, 0.3) is 0 Å². The van der Waals surface area contributed by atoms with Crippen LogP contribution in [0.4, 0.5) is 41.9 Å². The molecule has 1 unspecified atom stereocenters. The van der Waals surface area contributed by atoms with E-state index in [1.165, 1.54) is 64.9 Å². The third-order valence-electron chi connectivity index (χ3n) is 23.0. The van der Waals surface area contributed by atoms with Gasteiger partial charge in [-0.05, 0) is 271 Å². The molecule has 31 heteroatoms. The largest absolute Gasteiger partial charge is 0.459 e. The highest BCUT2D eigenvalue weighted by atomic mass is 32.1. The Morgan fingerprint density at radius 2 is 0.504 bits per heavy atom. The molecule has 12 amide bonds. The topological polar surface area (TPSA) is 375 Å². The van der Waals surface area contributed by atoms with Crippen molar-refractivity contribution >= 4 is 140 Å². The van der Waals surface area contributed by atoms with Crippen LogP contribution in [0.3, 0.4) is 0 Å². The first-order valence-corrected chi connectivity index (χ1v) is 50.2. The molecule has 8 aromatic rings. The average molecular weight is 1900 g/mol. The summed E-state index contributed by atoms with van der Waals surface area (Å²) in [5.41, 5.74) is 5.80. The van der Waals surface area contributed by atoms with Crippen molar-refractivity contribution in [2.75, 3.05) is 19.6 Å². The fourth-order valence-corrected chi connectivity index (χ4v) is 19.7. The minimum absolute atomic E-state index is 0.0575. The number of urea groups is 4. The third-order valence-corrected chi connectivity index (χ3v) is 27.7. The molecular weight excluding hydrogens is 1770 g/mol. The first kappa shape index (κ1) is 106. The van der Waals surface area contributed by atoms with E-state index in [1.54, 1.807) is 73.7 Å². The summed E-state index contributed by atoms with van der Waals surface area (Å²) < 4.78 is 15.7. The average Bonchev–Trinajstić information content (AvgIpc) is 1.67. The number of anilines is 4. The van der Waals surface area contributed by atoms with Crippen LogP contribution < -0.4 is 40.9 Å². The number of hydrogen-bond donors (Lipinski definition) is 8. The van der Waals surface area contributed by atoms with Crippen LogP contribution in [-0.4, -0.2) is 134 Å². The van der Waals surface area contributed by atoms with Crippen molar-refractivity contribution in [1.29, 1.82) is 0 Å². The molecule has 8 heterocycles. The van der Waals surface area contributed by atoms with Gasteiger partial charge in [-0.25, -0.2) is 33.6 Å². The smallest absolute Gasteiger partial charge is 0.348 e. The normalized spacial score (nSPS) is 16.8. The number of aliphatic hydroxyl groups is 4. The molecule has 27 nitrogen and oxygen atoms in total. The van der Waals surface area contributed by atoms with E-state index in [-0.39, 0.29) is 65.6 Å². The lowest BCUT2D eigenvalue weighted by Crippen LogP contribution is -2.35. The molecule has 0 aliphatic carbocycles. The summed E-state index contributed by atoms with van der Waals surface area (Å²) in [5.74, 6) is -2.11. The van der Waals surface area contributed by atoms with Gasteiger partial charge in [0.25, 0.3) is 23.6 Å². The second kappa shape index (κ2) is 53.5. The minimum atomic E-state index is -0.585.